The number of imidazole rings is 1. The number of benzene rings is 1. The van der Waals surface area contributed by atoms with Crippen molar-refractivity contribution in [2.75, 3.05) is 84.4 Å². The quantitative estimate of drug-likeness (QED) is 0.114. The van der Waals surface area contributed by atoms with Gasteiger partial charge in [0, 0.05) is 83.0 Å². The number of fused-ring (bicyclic) bond motifs is 2. The molecule has 11 nitrogen and oxygen atoms in total. The van der Waals surface area contributed by atoms with Gasteiger partial charge >= 0.3 is 0 Å². The first-order valence-electron chi connectivity index (χ1n) is 18.7. The molecule has 2 aliphatic rings. The molecule has 1 aromatic carbocycles. The molecule has 0 unspecified atom stereocenters. The summed E-state index contributed by atoms with van der Waals surface area (Å²) in [7, 11) is 0.920. The highest BCUT2D eigenvalue weighted by molar-refractivity contribution is 6.76. The highest BCUT2D eigenvalue weighted by Crippen LogP contribution is 2.30. The number of ether oxygens (including phenoxy) is 1. The number of nitrogens with zero attached hydrogens (tertiary/aromatic N) is 7. The fourth-order valence-corrected chi connectivity index (χ4v) is 7.61. The molecule has 0 spiro atoms. The number of carbonyl (C=O) groups is 1. The van der Waals surface area contributed by atoms with E-state index < -0.39 is 8.07 Å². The standard InChI is InChI=1S/C38H57N9O2Si/c1-44-20-22-46(23-21-44)19-9-14-41-38(48)37-43-35-26-30(10-11-36(35)47(37)29-49-24-25-50(2,3)4)33-27-34(31-28-39-15-12-32(31)42-33)40-13-8-18-45-16-6-5-7-17-45/h10-12,15,26-28H,5-9,13-14,16-25,29H2,1-4H3,(H,40,42)(H,41,48). The Hall–Kier alpha value is -3.42. The van der Waals surface area contributed by atoms with Crippen LogP contribution in [0.15, 0.2) is 42.7 Å². The number of likely N-dealkylation sites (N-methyl/N-ethyl adjacent to an activating group) is 1. The van der Waals surface area contributed by atoms with Gasteiger partial charge in [-0.1, -0.05) is 32.1 Å². The Morgan fingerprint density at radius 2 is 1.64 bits per heavy atom. The van der Waals surface area contributed by atoms with Crippen LogP contribution >= 0.6 is 0 Å². The number of anilines is 1. The van der Waals surface area contributed by atoms with E-state index in [1.165, 1.54) is 32.4 Å². The predicted octanol–water partition coefficient (Wildman–Crippen LogP) is 5.61. The average Bonchev–Trinajstić information content (AvgIpc) is 3.49. The number of hydrogen-bond acceptors (Lipinski definition) is 9. The van der Waals surface area contributed by atoms with Crippen LogP contribution in [0, 0.1) is 0 Å². The first-order valence-corrected chi connectivity index (χ1v) is 22.4. The van der Waals surface area contributed by atoms with Crippen LogP contribution in [-0.2, 0) is 11.5 Å². The van der Waals surface area contributed by atoms with E-state index in [0.29, 0.717) is 19.0 Å². The summed E-state index contributed by atoms with van der Waals surface area (Å²) in [6, 6.07) is 11.3. The zero-order chi connectivity index (χ0) is 34.9. The molecule has 0 radical (unpaired) electrons. The number of amides is 1. The molecular weight excluding hydrogens is 643 g/mol. The van der Waals surface area contributed by atoms with Crippen molar-refractivity contribution < 1.29 is 9.53 Å². The lowest BCUT2D eigenvalue weighted by atomic mass is 10.1. The number of piperazine rings is 1. The number of aromatic nitrogens is 4. The molecule has 3 aromatic heterocycles. The van der Waals surface area contributed by atoms with Gasteiger partial charge in [0.2, 0.25) is 5.82 Å². The summed E-state index contributed by atoms with van der Waals surface area (Å²) in [6.45, 7) is 18.4. The van der Waals surface area contributed by atoms with Crippen molar-refractivity contribution in [1.29, 1.82) is 0 Å². The first kappa shape index (κ1) is 36.4. The zero-order valence-corrected chi connectivity index (χ0v) is 31.7. The zero-order valence-electron chi connectivity index (χ0n) is 30.7. The Morgan fingerprint density at radius 3 is 2.42 bits per heavy atom. The third-order valence-corrected chi connectivity index (χ3v) is 11.7. The van der Waals surface area contributed by atoms with E-state index in [1.54, 1.807) is 6.20 Å². The van der Waals surface area contributed by atoms with Gasteiger partial charge in [0.05, 0.1) is 22.2 Å². The predicted molar refractivity (Wildman–Crippen MR) is 207 cm³/mol. The molecule has 2 saturated heterocycles. The van der Waals surface area contributed by atoms with E-state index in [0.717, 1.165) is 104 Å². The summed E-state index contributed by atoms with van der Waals surface area (Å²) >= 11 is 0. The molecular formula is C38H57N9O2Si. The van der Waals surface area contributed by atoms with Gasteiger partial charge in [0.15, 0.2) is 0 Å². The highest BCUT2D eigenvalue weighted by atomic mass is 28.3. The SMILES string of the molecule is CN1CCN(CCCNC(=O)c2nc3cc(-c4cc(NCCCN5CCCCC5)c5cnccc5n4)ccc3n2COCC[Si](C)(C)C)CC1. The normalized spacial score (nSPS) is 16.7. The fourth-order valence-electron chi connectivity index (χ4n) is 6.85. The third kappa shape index (κ3) is 9.88. The van der Waals surface area contributed by atoms with E-state index in [1.807, 2.05) is 29.0 Å². The van der Waals surface area contributed by atoms with Crippen LogP contribution in [0.4, 0.5) is 5.69 Å². The molecule has 0 saturated carbocycles. The molecule has 5 heterocycles. The average molecular weight is 700 g/mol. The second-order valence-corrected chi connectivity index (χ2v) is 20.9. The first-order chi connectivity index (χ1) is 24.2. The summed E-state index contributed by atoms with van der Waals surface area (Å²) in [5.41, 5.74) is 5.39. The van der Waals surface area contributed by atoms with Gasteiger partial charge in [0.1, 0.15) is 6.73 Å². The molecule has 1 amide bonds. The number of likely N-dealkylation sites (tertiary alicyclic amines) is 1. The minimum Gasteiger partial charge on any atom is -0.384 e. The van der Waals surface area contributed by atoms with E-state index in [2.05, 4.69) is 69.1 Å². The molecule has 2 aliphatic heterocycles. The lowest BCUT2D eigenvalue weighted by molar-refractivity contribution is 0.0801. The van der Waals surface area contributed by atoms with Crippen molar-refractivity contribution >= 4 is 41.6 Å². The third-order valence-electron chi connectivity index (χ3n) is 10.0. The number of piperidine rings is 1. The molecule has 0 bridgehead atoms. The van der Waals surface area contributed by atoms with Crippen molar-refractivity contribution in [2.45, 2.75) is 64.5 Å². The molecule has 270 valence electrons. The molecule has 0 atom stereocenters. The molecule has 2 fully saturated rings. The molecule has 4 aromatic rings. The molecule has 50 heavy (non-hydrogen) atoms. The van der Waals surface area contributed by atoms with Crippen molar-refractivity contribution in [3.8, 4) is 11.3 Å². The Labute approximate surface area is 298 Å². The van der Waals surface area contributed by atoms with E-state index in [4.69, 9.17) is 14.7 Å². The monoisotopic (exact) mass is 699 g/mol. The summed E-state index contributed by atoms with van der Waals surface area (Å²) in [6.07, 6.45) is 9.67. The maximum atomic E-state index is 13.6. The smallest absolute Gasteiger partial charge is 0.287 e. The second kappa shape index (κ2) is 17.2. The lowest BCUT2D eigenvalue weighted by Crippen LogP contribution is -2.45. The van der Waals surface area contributed by atoms with Crippen molar-refractivity contribution in [3.05, 3.63) is 48.5 Å². The summed E-state index contributed by atoms with van der Waals surface area (Å²) in [5, 5.41) is 7.85. The lowest BCUT2D eigenvalue weighted by Gasteiger charge is -2.32. The number of pyridine rings is 2. The van der Waals surface area contributed by atoms with Gasteiger partial charge in [0.25, 0.3) is 5.91 Å². The van der Waals surface area contributed by atoms with Crippen molar-refractivity contribution in [1.82, 2.24) is 39.5 Å². The van der Waals surface area contributed by atoms with Crippen molar-refractivity contribution in [2.24, 2.45) is 0 Å². The van der Waals surface area contributed by atoms with Crippen LogP contribution in [-0.4, -0.2) is 127 Å². The molecule has 0 aliphatic carbocycles. The largest absolute Gasteiger partial charge is 0.384 e. The van der Waals surface area contributed by atoms with E-state index >= 15 is 0 Å². The minimum absolute atomic E-state index is 0.165. The minimum atomic E-state index is -1.25. The van der Waals surface area contributed by atoms with Gasteiger partial charge in [-0.15, -0.1) is 0 Å². The Bertz CT molecular complexity index is 1710. The molecule has 2 N–H and O–H groups in total. The molecule has 12 heteroatoms. The van der Waals surface area contributed by atoms with Crippen LogP contribution in [0.25, 0.3) is 33.2 Å². The highest BCUT2D eigenvalue weighted by Gasteiger charge is 2.20. The second-order valence-electron chi connectivity index (χ2n) is 15.3. The van der Waals surface area contributed by atoms with Gasteiger partial charge in [-0.3, -0.25) is 14.3 Å². The summed E-state index contributed by atoms with van der Waals surface area (Å²) in [5.74, 6) is 0.223. The Balaban J connectivity index is 1.19. The number of carbonyl (C=O) groups excluding carboxylic acids is 1. The van der Waals surface area contributed by atoms with Crippen LogP contribution in [0.1, 0.15) is 42.7 Å². The topological polar surface area (TPSA) is 104 Å². The van der Waals surface area contributed by atoms with E-state index in [-0.39, 0.29) is 12.6 Å². The van der Waals surface area contributed by atoms with E-state index in [9.17, 15) is 4.79 Å². The van der Waals surface area contributed by atoms with Crippen LogP contribution in [0.5, 0.6) is 0 Å². The Morgan fingerprint density at radius 1 is 0.880 bits per heavy atom. The summed E-state index contributed by atoms with van der Waals surface area (Å²) in [4.78, 5) is 35.3. The Kier molecular flexibility index (Phi) is 12.5. The van der Waals surface area contributed by atoms with Gasteiger partial charge < -0.3 is 30.1 Å². The number of hydrogen-bond donors (Lipinski definition) is 2. The summed E-state index contributed by atoms with van der Waals surface area (Å²) < 4.78 is 8.09. The number of rotatable bonds is 16. The fraction of sp³-hybridized carbons (Fsp3) is 0.579. The van der Waals surface area contributed by atoms with Crippen LogP contribution < -0.4 is 10.6 Å². The van der Waals surface area contributed by atoms with Gasteiger partial charge in [-0.25, -0.2) is 9.97 Å². The molecule has 6 rings (SSSR count). The maximum absolute atomic E-state index is 13.6. The van der Waals surface area contributed by atoms with Gasteiger partial charge in [-0.05, 0) is 89.2 Å². The van der Waals surface area contributed by atoms with Crippen molar-refractivity contribution in [3.63, 3.8) is 0 Å². The van der Waals surface area contributed by atoms with Crippen LogP contribution in [0.2, 0.25) is 25.7 Å². The van der Waals surface area contributed by atoms with Gasteiger partial charge in [-0.2, -0.15) is 0 Å². The maximum Gasteiger partial charge on any atom is 0.287 e. The van der Waals surface area contributed by atoms with Crippen LogP contribution in [0.3, 0.4) is 0 Å². The number of nitrogens with one attached hydrogen (secondary N) is 2.